The van der Waals surface area contributed by atoms with Gasteiger partial charge in [0.15, 0.2) is 0 Å². The number of H-pyrrole nitrogens is 2. The monoisotopic (exact) mass is 307 g/mol. The molecule has 108 valence electrons. The fraction of sp³-hybridized carbons (Fsp3) is 0.0588. The summed E-state index contributed by atoms with van der Waals surface area (Å²) in [5.74, 6) is 0.470. The van der Waals surface area contributed by atoms with Gasteiger partial charge in [0.2, 0.25) is 0 Å². The Bertz CT molecular complexity index is 1010. The summed E-state index contributed by atoms with van der Waals surface area (Å²) >= 11 is 5.00. The predicted molar refractivity (Wildman–Crippen MR) is 89.2 cm³/mol. The van der Waals surface area contributed by atoms with Crippen molar-refractivity contribution in [3.63, 3.8) is 0 Å². The van der Waals surface area contributed by atoms with Crippen LogP contribution in [0.2, 0.25) is 0 Å². The molecule has 0 saturated heterocycles. The van der Waals surface area contributed by atoms with Gasteiger partial charge >= 0.3 is 0 Å². The van der Waals surface area contributed by atoms with Gasteiger partial charge in [-0.25, -0.2) is 5.10 Å². The van der Waals surface area contributed by atoms with Crippen LogP contribution >= 0.6 is 12.2 Å². The molecule has 22 heavy (non-hydrogen) atoms. The van der Waals surface area contributed by atoms with Gasteiger partial charge in [-0.3, -0.25) is 0 Å². The highest BCUT2D eigenvalue weighted by Crippen LogP contribution is 2.37. The molecule has 4 rings (SSSR count). The highest BCUT2D eigenvalue weighted by Gasteiger charge is 2.18. The first-order valence-electron chi connectivity index (χ1n) is 6.96. The molecule has 0 amide bonds. The number of hydrogen-bond acceptors (Lipinski definition) is 3. The molecule has 5 heteroatoms. The maximum Gasteiger partial charge on any atom is 0.284 e. The van der Waals surface area contributed by atoms with Crippen LogP contribution in [0.15, 0.2) is 52.9 Å². The second kappa shape index (κ2) is 4.96. The number of nitrogens with zero attached hydrogens (tertiary/aromatic N) is 1. The van der Waals surface area contributed by atoms with Crippen LogP contribution in [0, 0.1) is 11.8 Å². The summed E-state index contributed by atoms with van der Waals surface area (Å²) in [6.07, 6.45) is 0. The largest absolute Gasteiger partial charge is 0.408 e. The number of aryl methyl sites for hydroxylation is 1. The third kappa shape index (κ3) is 2.07. The first-order valence-corrected chi connectivity index (χ1v) is 7.37. The molecular weight excluding hydrogens is 294 g/mol. The minimum Gasteiger partial charge on any atom is -0.408 e. The molecule has 4 nitrogen and oxygen atoms in total. The van der Waals surface area contributed by atoms with Gasteiger partial charge in [-0.2, -0.15) is 0 Å². The number of aromatic nitrogens is 3. The zero-order chi connectivity index (χ0) is 15.1. The summed E-state index contributed by atoms with van der Waals surface area (Å²) in [6.45, 7) is 2.08. The van der Waals surface area contributed by atoms with Gasteiger partial charge in [0, 0.05) is 16.5 Å². The van der Waals surface area contributed by atoms with E-state index in [9.17, 15) is 0 Å². The zero-order valence-electron chi connectivity index (χ0n) is 11.9. The van der Waals surface area contributed by atoms with E-state index in [1.165, 1.54) is 5.56 Å². The van der Waals surface area contributed by atoms with Crippen molar-refractivity contribution >= 4 is 23.1 Å². The van der Waals surface area contributed by atoms with Crippen molar-refractivity contribution in [3.05, 3.63) is 58.9 Å². The summed E-state index contributed by atoms with van der Waals surface area (Å²) in [7, 11) is 0. The summed E-state index contributed by atoms with van der Waals surface area (Å²) in [5.41, 5.74) is 5.27. The van der Waals surface area contributed by atoms with E-state index >= 15 is 0 Å². The predicted octanol–water partition coefficient (Wildman–Crippen LogP) is 4.86. The molecular formula is C17H13N3OS. The number of nitrogens with one attached hydrogen (secondary N) is 2. The van der Waals surface area contributed by atoms with Crippen molar-refractivity contribution in [1.82, 2.24) is 15.2 Å². The van der Waals surface area contributed by atoms with E-state index in [4.69, 9.17) is 16.6 Å². The molecule has 0 radical (unpaired) electrons. The van der Waals surface area contributed by atoms with Crippen LogP contribution in [0.1, 0.15) is 5.56 Å². The van der Waals surface area contributed by atoms with Crippen molar-refractivity contribution in [2.45, 2.75) is 6.92 Å². The van der Waals surface area contributed by atoms with Gasteiger partial charge < -0.3 is 9.40 Å². The van der Waals surface area contributed by atoms with Gasteiger partial charge in [-0.05, 0) is 36.8 Å². The minimum absolute atomic E-state index is 0.267. The Labute approximate surface area is 131 Å². The molecule has 2 heterocycles. The lowest BCUT2D eigenvalue weighted by molar-refractivity contribution is 0.550. The first-order chi connectivity index (χ1) is 10.7. The lowest BCUT2D eigenvalue weighted by atomic mass is 10.0. The van der Waals surface area contributed by atoms with E-state index in [-0.39, 0.29) is 4.84 Å². The Balaban J connectivity index is 2.10. The first kappa shape index (κ1) is 13.0. The molecule has 2 aromatic carbocycles. The van der Waals surface area contributed by atoms with Gasteiger partial charge in [-0.1, -0.05) is 42.0 Å². The van der Waals surface area contributed by atoms with E-state index in [1.54, 1.807) is 0 Å². The zero-order valence-corrected chi connectivity index (χ0v) is 12.7. The summed E-state index contributed by atoms with van der Waals surface area (Å²) in [5, 5.41) is 7.99. The lowest BCUT2D eigenvalue weighted by Gasteiger charge is -2.02. The molecule has 0 spiro atoms. The molecule has 0 aliphatic rings. The van der Waals surface area contributed by atoms with Crippen LogP contribution in [-0.2, 0) is 0 Å². The molecule has 4 aromatic rings. The molecule has 2 aromatic heterocycles. The van der Waals surface area contributed by atoms with E-state index in [0.717, 1.165) is 27.7 Å². The fourth-order valence-corrected chi connectivity index (χ4v) is 2.83. The van der Waals surface area contributed by atoms with Crippen molar-refractivity contribution < 1.29 is 4.42 Å². The van der Waals surface area contributed by atoms with Crippen LogP contribution in [0.4, 0.5) is 0 Å². The SMILES string of the molecule is Cc1ccc2[nH]c(-c3n[nH]c(=S)o3)c(-c3ccccc3)c2c1. The maximum absolute atomic E-state index is 5.51. The Morgan fingerprint density at radius 3 is 2.64 bits per heavy atom. The quantitative estimate of drug-likeness (QED) is 0.520. The number of hydrogen-bond donors (Lipinski definition) is 2. The van der Waals surface area contributed by atoms with Gasteiger partial charge in [0.1, 0.15) is 5.69 Å². The van der Waals surface area contributed by atoms with E-state index in [0.29, 0.717) is 5.89 Å². The van der Waals surface area contributed by atoms with Crippen LogP contribution in [0.25, 0.3) is 33.6 Å². The Morgan fingerprint density at radius 2 is 1.91 bits per heavy atom. The van der Waals surface area contributed by atoms with E-state index in [1.807, 2.05) is 18.2 Å². The van der Waals surface area contributed by atoms with Crippen LogP contribution in [0.5, 0.6) is 0 Å². The average molecular weight is 307 g/mol. The van der Waals surface area contributed by atoms with E-state index < -0.39 is 0 Å². The molecule has 2 N–H and O–H groups in total. The lowest BCUT2D eigenvalue weighted by Crippen LogP contribution is -1.83. The topological polar surface area (TPSA) is 57.6 Å². The van der Waals surface area contributed by atoms with Crippen molar-refractivity contribution in [1.29, 1.82) is 0 Å². The molecule has 0 saturated carbocycles. The Morgan fingerprint density at radius 1 is 1.09 bits per heavy atom. The van der Waals surface area contributed by atoms with Crippen molar-refractivity contribution in [3.8, 4) is 22.7 Å². The van der Waals surface area contributed by atoms with Crippen LogP contribution < -0.4 is 0 Å². The second-order valence-corrected chi connectivity index (χ2v) is 5.58. The van der Waals surface area contributed by atoms with Gasteiger partial charge in [0.05, 0.1) is 0 Å². The summed E-state index contributed by atoms with van der Waals surface area (Å²) in [6, 6.07) is 16.5. The van der Waals surface area contributed by atoms with Gasteiger partial charge in [-0.15, -0.1) is 5.10 Å². The molecule has 0 fully saturated rings. The molecule has 0 atom stereocenters. The second-order valence-electron chi connectivity index (χ2n) is 5.21. The van der Waals surface area contributed by atoms with Crippen LogP contribution in [0.3, 0.4) is 0 Å². The average Bonchev–Trinajstić information content (AvgIpc) is 3.11. The molecule has 0 aliphatic carbocycles. The summed E-state index contributed by atoms with van der Waals surface area (Å²) < 4.78 is 5.51. The third-order valence-electron chi connectivity index (χ3n) is 3.67. The maximum atomic E-state index is 5.51. The van der Waals surface area contributed by atoms with Crippen molar-refractivity contribution in [2.24, 2.45) is 0 Å². The van der Waals surface area contributed by atoms with Crippen LogP contribution in [-0.4, -0.2) is 15.2 Å². The Kier molecular flexibility index (Phi) is 2.94. The van der Waals surface area contributed by atoms with Gasteiger partial charge in [0.25, 0.3) is 10.7 Å². The number of aromatic amines is 2. The molecule has 0 unspecified atom stereocenters. The third-order valence-corrected chi connectivity index (χ3v) is 3.84. The molecule has 0 aliphatic heterocycles. The minimum atomic E-state index is 0.267. The Hall–Kier alpha value is -2.66. The highest BCUT2D eigenvalue weighted by molar-refractivity contribution is 7.71. The standard InChI is InChI=1S/C17H13N3OS/c1-10-7-8-13-12(9-10)14(11-5-3-2-4-6-11)15(18-13)16-19-20-17(22)21-16/h2-9,18H,1H3,(H,20,22). The van der Waals surface area contributed by atoms with Crippen molar-refractivity contribution in [2.75, 3.05) is 0 Å². The fourth-order valence-electron chi connectivity index (χ4n) is 2.71. The normalized spacial score (nSPS) is 11.1. The summed E-state index contributed by atoms with van der Waals surface area (Å²) in [4.78, 5) is 3.66. The highest BCUT2D eigenvalue weighted by atomic mass is 32.1. The number of rotatable bonds is 2. The number of fused-ring (bicyclic) bond motifs is 1. The molecule has 0 bridgehead atoms. The smallest absolute Gasteiger partial charge is 0.284 e. The van der Waals surface area contributed by atoms with E-state index in [2.05, 4.69) is 52.4 Å². The number of benzene rings is 2.